The third-order valence-electron chi connectivity index (χ3n) is 3.91. The molecule has 0 spiro atoms. The highest BCUT2D eigenvalue weighted by Gasteiger charge is 2.33. The summed E-state index contributed by atoms with van der Waals surface area (Å²) in [6.45, 7) is 2.33. The van der Waals surface area contributed by atoms with Crippen LogP contribution in [0.1, 0.15) is 12.5 Å². The molecule has 0 bridgehead atoms. The van der Waals surface area contributed by atoms with E-state index in [1.807, 2.05) is 43.3 Å². The number of rotatable bonds is 5. The highest BCUT2D eigenvalue weighted by molar-refractivity contribution is 6.11. The summed E-state index contributed by atoms with van der Waals surface area (Å²) >= 11 is 0. The maximum atomic E-state index is 12.7. The van der Waals surface area contributed by atoms with Crippen molar-refractivity contribution in [3.05, 3.63) is 59.9 Å². The zero-order valence-electron chi connectivity index (χ0n) is 14.9. The number of methoxy groups -OCH3 is 2. The highest BCUT2D eigenvalue weighted by atomic mass is 16.5. The molecule has 1 fully saturated rings. The number of hydrogen-bond acceptors (Lipinski definition) is 5. The average Bonchev–Trinajstić information content (AvgIpc) is 2.97. The van der Waals surface area contributed by atoms with E-state index in [-0.39, 0.29) is 17.7 Å². The number of aliphatic imine (C=N–C) groups is 1. The van der Waals surface area contributed by atoms with Gasteiger partial charge in [-0.15, -0.1) is 0 Å². The number of likely N-dealkylation sites (N-methyl/N-ethyl adjacent to an activating group) is 1. The number of carbonyl (C=O) groups is 1. The molecule has 26 heavy (non-hydrogen) atoms. The van der Waals surface area contributed by atoms with Gasteiger partial charge in [0.2, 0.25) is 0 Å². The van der Waals surface area contributed by atoms with Crippen LogP contribution in [0.15, 0.2) is 59.3 Å². The Morgan fingerprint density at radius 1 is 1.12 bits per heavy atom. The van der Waals surface area contributed by atoms with Crippen molar-refractivity contribution in [2.75, 3.05) is 20.8 Å². The molecule has 134 valence electrons. The second kappa shape index (κ2) is 7.74. The second-order valence-corrected chi connectivity index (χ2v) is 5.50. The fourth-order valence-electron chi connectivity index (χ4n) is 2.56. The molecule has 1 saturated heterocycles. The molecule has 0 aliphatic carbocycles. The lowest BCUT2D eigenvalue weighted by Crippen LogP contribution is -2.29. The first-order valence-corrected chi connectivity index (χ1v) is 8.23. The van der Waals surface area contributed by atoms with Crippen molar-refractivity contribution in [3.8, 4) is 11.5 Å². The summed E-state index contributed by atoms with van der Waals surface area (Å²) in [4.78, 5) is 18.6. The molecule has 6 heteroatoms. The van der Waals surface area contributed by atoms with Crippen LogP contribution in [0.4, 0.5) is 5.69 Å². The summed E-state index contributed by atoms with van der Waals surface area (Å²) < 4.78 is 16.3. The van der Waals surface area contributed by atoms with E-state index in [1.165, 1.54) is 4.90 Å². The van der Waals surface area contributed by atoms with Crippen LogP contribution in [-0.4, -0.2) is 37.6 Å². The molecular weight excluding hydrogens is 332 g/mol. The van der Waals surface area contributed by atoms with Gasteiger partial charge in [0.15, 0.2) is 5.76 Å². The van der Waals surface area contributed by atoms with Crippen LogP contribution >= 0.6 is 0 Å². The molecule has 0 aromatic heterocycles. The third-order valence-corrected chi connectivity index (χ3v) is 3.91. The quantitative estimate of drug-likeness (QED) is 0.771. The SMILES string of the molecule is CCN1C(=O)C(=Cc2ccc(OC)cc2OC)OC1=Nc1ccccc1. The minimum Gasteiger partial charge on any atom is -0.497 e. The Balaban J connectivity index is 1.95. The zero-order chi connectivity index (χ0) is 18.5. The monoisotopic (exact) mass is 352 g/mol. The van der Waals surface area contributed by atoms with Crippen LogP contribution in [0.5, 0.6) is 11.5 Å². The Morgan fingerprint density at radius 2 is 1.88 bits per heavy atom. The summed E-state index contributed by atoms with van der Waals surface area (Å²) in [6, 6.07) is 15.0. The Hall–Kier alpha value is -3.28. The number of ether oxygens (including phenoxy) is 3. The fourth-order valence-corrected chi connectivity index (χ4v) is 2.56. The molecule has 0 N–H and O–H groups in total. The molecule has 1 aliphatic heterocycles. The van der Waals surface area contributed by atoms with Gasteiger partial charge in [-0.25, -0.2) is 0 Å². The van der Waals surface area contributed by atoms with Crippen molar-refractivity contribution in [3.63, 3.8) is 0 Å². The predicted molar refractivity (Wildman–Crippen MR) is 99.5 cm³/mol. The van der Waals surface area contributed by atoms with Crippen molar-refractivity contribution in [1.82, 2.24) is 4.90 Å². The summed E-state index contributed by atoms with van der Waals surface area (Å²) in [5, 5.41) is 0. The van der Waals surface area contributed by atoms with Crippen molar-refractivity contribution in [2.45, 2.75) is 6.92 Å². The molecule has 1 amide bonds. The minimum atomic E-state index is -0.236. The number of hydrogen-bond donors (Lipinski definition) is 0. The normalized spacial score (nSPS) is 16.9. The van der Waals surface area contributed by atoms with E-state index < -0.39 is 0 Å². The molecule has 0 atom stereocenters. The van der Waals surface area contributed by atoms with E-state index in [0.29, 0.717) is 23.6 Å². The lowest BCUT2D eigenvalue weighted by Gasteiger charge is -2.09. The van der Waals surface area contributed by atoms with Gasteiger partial charge in [0.25, 0.3) is 5.91 Å². The van der Waals surface area contributed by atoms with E-state index in [1.54, 1.807) is 32.4 Å². The van der Waals surface area contributed by atoms with Gasteiger partial charge in [0, 0.05) is 18.2 Å². The molecule has 3 rings (SSSR count). The van der Waals surface area contributed by atoms with Gasteiger partial charge in [-0.2, -0.15) is 4.99 Å². The first-order chi connectivity index (χ1) is 12.7. The van der Waals surface area contributed by atoms with Gasteiger partial charge in [-0.1, -0.05) is 18.2 Å². The Kier molecular flexibility index (Phi) is 5.22. The molecule has 1 aliphatic rings. The lowest BCUT2D eigenvalue weighted by molar-refractivity contribution is -0.122. The topological polar surface area (TPSA) is 60.4 Å². The largest absolute Gasteiger partial charge is 0.497 e. The molecule has 0 radical (unpaired) electrons. The van der Waals surface area contributed by atoms with E-state index in [9.17, 15) is 4.79 Å². The molecule has 2 aromatic rings. The number of amidine groups is 1. The smallest absolute Gasteiger partial charge is 0.305 e. The van der Waals surface area contributed by atoms with Crippen molar-refractivity contribution in [2.24, 2.45) is 4.99 Å². The first-order valence-electron chi connectivity index (χ1n) is 8.23. The lowest BCUT2D eigenvalue weighted by atomic mass is 10.1. The van der Waals surface area contributed by atoms with Crippen molar-refractivity contribution >= 4 is 23.7 Å². The second-order valence-electron chi connectivity index (χ2n) is 5.50. The zero-order valence-corrected chi connectivity index (χ0v) is 14.9. The van der Waals surface area contributed by atoms with Crippen LogP contribution in [0.3, 0.4) is 0 Å². The van der Waals surface area contributed by atoms with E-state index in [0.717, 1.165) is 5.69 Å². The first kappa shape index (κ1) is 17.5. The highest BCUT2D eigenvalue weighted by Crippen LogP contribution is 2.29. The average molecular weight is 352 g/mol. The van der Waals surface area contributed by atoms with Gasteiger partial charge in [-0.05, 0) is 37.3 Å². The van der Waals surface area contributed by atoms with Gasteiger partial charge < -0.3 is 14.2 Å². The molecule has 6 nitrogen and oxygen atoms in total. The number of benzene rings is 2. The summed E-state index contributed by atoms with van der Waals surface area (Å²) in [5.74, 6) is 1.22. The van der Waals surface area contributed by atoms with Crippen LogP contribution in [0.2, 0.25) is 0 Å². The van der Waals surface area contributed by atoms with Gasteiger partial charge in [0.1, 0.15) is 11.5 Å². The number of para-hydroxylation sites is 1. The van der Waals surface area contributed by atoms with Crippen molar-refractivity contribution < 1.29 is 19.0 Å². The van der Waals surface area contributed by atoms with Crippen LogP contribution in [0, 0.1) is 0 Å². The molecule has 1 heterocycles. The van der Waals surface area contributed by atoms with Crippen LogP contribution < -0.4 is 9.47 Å². The summed E-state index contributed by atoms with van der Waals surface area (Å²) in [7, 11) is 3.15. The number of amides is 1. The van der Waals surface area contributed by atoms with E-state index in [2.05, 4.69) is 4.99 Å². The van der Waals surface area contributed by atoms with Crippen molar-refractivity contribution in [1.29, 1.82) is 0 Å². The summed E-state index contributed by atoms with van der Waals surface area (Å²) in [5.41, 5.74) is 1.44. The maximum Gasteiger partial charge on any atom is 0.305 e. The van der Waals surface area contributed by atoms with Crippen LogP contribution in [0.25, 0.3) is 6.08 Å². The van der Waals surface area contributed by atoms with E-state index >= 15 is 0 Å². The van der Waals surface area contributed by atoms with Gasteiger partial charge >= 0.3 is 6.02 Å². The standard InChI is InChI=1S/C20H20N2O4/c1-4-22-19(23)18(26-20(22)21-15-8-6-5-7-9-15)12-14-10-11-16(24-2)13-17(14)25-3/h5-13H,4H2,1-3H3. The number of nitrogens with zero attached hydrogens (tertiary/aromatic N) is 2. The molecule has 0 saturated carbocycles. The Bertz CT molecular complexity index is 859. The molecule has 0 unspecified atom stereocenters. The maximum absolute atomic E-state index is 12.7. The Labute approximate surface area is 152 Å². The minimum absolute atomic E-state index is 0.199. The van der Waals surface area contributed by atoms with E-state index in [4.69, 9.17) is 14.2 Å². The molecule has 2 aromatic carbocycles. The van der Waals surface area contributed by atoms with Crippen LogP contribution in [-0.2, 0) is 9.53 Å². The van der Waals surface area contributed by atoms with Gasteiger partial charge in [-0.3, -0.25) is 9.69 Å². The third kappa shape index (κ3) is 3.54. The fraction of sp³-hybridized carbons (Fsp3) is 0.200. The summed E-state index contributed by atoms with van der Waals surface area (Å²) in [6.07, 6.45) is 1.65. The predicted octanol–water partition coefficient (Wildman–Crippen LogP) is 3.61. The molecular formula is C20H20N2O4. The van der Waals surface area contributed by atoms with Gasteiger partial charge in [0.05, 0.1) is 19.9 Å². The Morgan fingerprint density at radius 3 is 2.54 bits per heavy atom. The number of carbonyl (C=O) groups excluding carboxylic acids is 1.